The Morgan fingerprint density at radius 3 is 2.63 bits per heavy atom. The molecule has 19 heavy (non-hydrogen) atoms. The lowest BCUT2D eigenvalue weighted by Crippen LogP contribution is -2.15. The maximum absolute atomic E-state index is 12.7. The van der Waals surface area contributed by atoms with Crippen LogP contribution in [-0.4, -0.2) is 26.6 Å². The van der Waals surface area contributed by atoms with Gasteiger partial charge in [-0.2, -0.15) is 13.2 Å². The van der Waals surface area contributed by atoms with Crippen LogP contribution in [0.2, 0.25) is 0 Å². The predicted molar refractivity (Wildman–Crippen MR) is 63.1 cm³/mol. The lowest BCUT2D eigenvalue weighted by atomic mass is 10.4. The Kier molecular flexibility index (Phi) is 3.41. The fourth-order valence-electron chi connectivity index (χ4n) is 1.62. The molecule has 0 aromatic carbocycles. The predicted octanol–water partition coefficient (Wildman–Crippen LogP) is 2.29. The van der Waals surface area contributed by atoms with Crippen LogP contribution in [0.3, 0.4) is 0 Å². The highest BCUT2D eigenvalue weighted by Gasteiger charge is 2.35. The summed E-state index contributed by atoms with van der Waals surface area (Å²) in [6, 6.07) is 1.44. The molecule has 0 saturated heterocycles. The third-order valence-electron chi connectivity index (χ3n) is 2.50. The first-order chi connectivity index (χ1) is 8.95. The van der Waals surface area contributed by atoms with Crippen molar-refractivity contribution in [1.82, 2.24) is 19.5 Å². The molecule has 2 rings (SSSR count). The number of aryl methyl sites for hydroxylation is 1. The van der Waals surface area contributed by atoms with Gasteiger partial charge in [-0.25, -0.2) is 15.0 Å². The van der Waals surface area contributed by atoms with Gasteiger partial charge in [-0.3, -0.25) is 4.57 Å². The fourth-order valence-corrected chi connectivity index (χ4v) is 1.62. The number of alkyl halides is 3. The monoisotopic (exact) mass is 271 g/mol. The van der Waals surface area contributed by atoms with E-state index in [-0.39, 0.29) is 11.6 Å². The second-order valence-electron chi connectivity index (χ2n) is 3.75. The van der Waals surface area contributed by atoms with Crippen LogP contribution in [0.25, 0.3) is 5.82 Å². The van der Waals surface area contributed by atoms with Gasteiger partial charge in [-0.05, 0) is 0 Å². The van der Waals surface area contributed by atoms with Crippen molar-refractivity contribution >= 4 is 5.82 Å². The van der Waals surface area contributed by atoms with E-state index >= 15 is 0 Å². The number of aromatic nitrogens is 4. The zero-order valence-electron chi connectivity index (χ0n) is 10.4. The van der Waals surface area contributed by atoms with Crippen LogP contribution in [0.4, 0.5) is 19.0 Å². The van der Waals surface area contributed by atoms with Crippen LogP contribution in [0.5, 0.6) is 0 Å². The highest BCUT2D eigenvalue weighted by Crippen LogP contribution is 2.28. The number of anilines is 1. The molecule has 0 spiro atoms. The average molecular weight is 271 g/mol. The molecule has 8 heteroatoms. The van der Waals surface area contributed by atoms with E-state index in [1.165, 1.54) is 23.9 Å². The van der Waals surface area contributed by atoms with E-state index in [1.807, 2.05) is 6.92 Å². The SMILES string of the molecule is CCc1nccn1-c1cc(NC)nc(C(F)(F)F)n1. The van der Waals surface area contributed by atoms with Crippen LogP contribution in [0.1, 0.15) is 18.6 Å². The topological polar surface area (TPSA) is 55.6 Å². The molecule has 2 aromatic rings. The molecule has 2 heterocycles. The minimum atomic E-state index is -4.59. The molecule has 0 unspecified atom stereocenters. The lowest BCUT2D eigenvalue weighted by Gasteiger charge is -2.11. The molecule has 0 saturated carbocycles. The van der Waals surface area contributed by atoms with Gasteiger partial charge in [-0.1, -0.05) is 6.92 Å². The number of imidazole rings is 1. The average Bonchev–Trinajstić information content (AvgIpc) is 2.85. The van der Waals surface area contributed by atoms with E-state index in [0.29, 0.717) is 12.2 Å². The highest BCUT2D eigenvalue weighted by molar-refractivity contribution is 5.42. The molecule has 5 nitrogen and oxygen atoms in total. The normalized spacial score (nSPS) is 11.6. The van der Waals surface area contributed by atoms with Gasteiger partial charge in [0.25, 0.3) is 0 Å². The summed E-state index contributed by atoms with van der Waals surface area (Å²) in [6.07, 6.45) is -0.907. The molecule has 0 aliphatic rings. The number of rotatable bonds is 3. The minimum Gasteiger partial charge on any atom is -0.373 e. The molecule has 1 N–H and O–H groups in total. The molecule has 0 fully saturated rings. The summed E-state index contributed by atoms with van der Waals surface area (Å²) in [6.45, 7) is 1.86. The number of hydrogen-bond acceptors (Lipinski definition) is 4. The maximum atomic E-state index is 12.7. The first kappa shape index (κ1) is 13.3. The quantitative estimate of drug-likeness (QED) is 0.930. The van der Waals surface area contributed by atoms with Gasteiger partial charge in [0.05, 0.1) is 0 Å². The zero-order chi connectivity index (χ0) is 14.0. The molecule has 102 valence electrons. The molecular weight excluding hydrogens is 259 g/mol. The first-order valence-electron chi connectivity index (χ1n) is 5.62. The molecule has 0 aliphatic carbocycles. The molecule has 0 bridgehead atoms. The number of nitrogens with zero attached hydrogens (tertiary/aromatic N) is 4. The van der Waals surface area contributed by atoms with Crippen molar-refractivity contribution in [2.24, 2.45) is 0 Å². The second kappa shape index (κ2) is 4.87. The summed E-state index contributed by atoms with van der Waals surface area (Å²) in [7, 11) is 1.50. The molecule has 0 atom stereocenters. The van der Waals surface area contributed by atoms with E-state index in [4.69, 9.17) is 0 Å². The molecule has 0 radical (unpaired) electrons. The number of halogens is 3. The van der Waals surface area contributed by atoms with Crippen molar-refractivity contribution in [2.45, 2.75) is 19.5 Å². The van der Waals surface area contributed by atoms with Gasteiger partial charge >= 0.3 is 6.18 Å². The third-order valence-corrected chi connectivity index (χ3v) is 2.50. The van der Waals surface area contributed by atoms with Crippen molar-refractivity contribution in [3.63, 3.8) is 0 Å². The standard InChI is InChI=1S/C11H12F3N5/c1-3-8-16-4-5-19(8)9-6-7(15-2)17-10(18-9)11(12,13)14/h4-6H,3H2,1-2H3,(H,15,17,18). The fraction of sp³-hybridized carbons (Fsp3) is 0.364. The van der Waals surface area contributed by atoms with Gasteiger partial charge in [0.15, 0.2) is 0 Å². The van der Waals surface area contributed by atoms with Crippen molar-refractivity contribution < 1.29 is 13.2 Å². The van der Waals surface area contributed by atoms with E-state index in [1.54, 1.807) is 6.20 Å². The van der Waals surface area contributed by atoms with E-state index in [0.717, 1.165) is 0 Å². The van der Waals surface area contributed by atoms with Crippen molar-refractivity contribution in [2.75, 3.05) is 12.4 Å². The van der Waals surface area contributed by atoms with Crippen LogP contribution in [0.15, 0.2) is 18.5 Å². The Hall–Kier alpha value is -2.12. The highest BCUT2D eigenvalue weighted by atomic mass is 19.4. The van der Waals surface area contributed by atoms with Gasteiger partial charge in [0.1, 0.15) is 17.5 Å². The molecule has 0 aliphatic heterocycles. The van der Waals surface area contributed by atoms with Gasteiger partial charge in [0, 0.05) is 31.9 Å². The number of nitrogens with one attached hydrogen (secondary N) is 1. The van der Waals surface area contributed by atoms with Crippen LogP contribution < -0.4 is 5.32 Å². The second-order valence-corrected chi connectivity index (χ2v) is 3.75. The third kappa shape index (κ3) is 2.67. The number of hydrogen-bond donors (Lipinski definition) is 1. The van der Waals surface area contributed by atoms with Gasteiger partial charge in [0.2, 0.25) is 5.82 Å². The zero-order valence-corrected chi connectivity index (χ0v) is 10.4. The van der Waals surface area contributed by atoms with Gasteiger partial charge < -0.3 is 5.32 Å². The summed E-state index contributed by atoms with van der Waals surface area (Å²) in [4.78, 5) is 11.0. The largest absolute Gasteiger partial charge is 0.451 e. The molecule has 0 amide bonds. The van der Waals surface area contributed by atoms with E-state index < -0.39 is 12.0 Å². The van der Waals surface area contributed by atoms with Crippen LogP contribution in [-0.2, 0) is 12.6 Å². The Morgan fingerprint density at radius 2 is 2.05 bits per heavy atom. The van der Waals surface area contributed by atoms with Crippen molar-refractivity contribution in [3.05, 3.63) is 30.1 Å². The van der Waals surface area contributed by atoms with Gasteiger partial charge in [-0.15, -0.1) is 0 Å². The Labute approximate surface area is 107 Å². The van der Waals surface area contributed by atoms with Crippen LogP contribution >= 0.6 is 0 Å². The van der Waals surface area contributed by atoms with Crippen molar-refractivity contribution in [3.8, 4) is 5.82 Å². The maximum Gasteiger partial charge on any atom is 0.451 e. The smallest absolute Gasteiger partial charge is 0.373 e. The Bertz CT molecular complexity index is 576. The minimum absolute atomic E-state index is 0.105. The summed E-state index contributed by atoms with van der Waals surface area (Å²) in [5.74, 6) is -0.298. The summed E-state index contributed by atoms with van der Waals surface area (Å²) >= 11 is 0. The molecular formula is C11H12F3N5. The molecule has 2 aromatic heterocycles. The van der Waals surface area contributed by atoms with Crippen molar-refractivity contribution in [1.29, 1.82) is 0 Å². The summed E-state index contributed by atoms with van der Waals surface area (Å²) in [5.41, 5.74) is 0. The van der Waals surface area contributed by atoms with E-state index in [2.05, 4.69) is 20.3 Å². The van der Waals surface area contributed by atoms with Crippen LogP contribution in [0, 0.1) is 0 Å². The summed E-state index contributed by atoms with van der Waals surface area (Å²) in [5, 5.41) is 2.59. The Morgan fingerprint density at radius 1 is 1.32 bits per heavy atom. The first-order valence-corrected chi connectivity index (χ1v) is 5.62. The van der Waals surface area contributed by atoms with E-state index in [9.17, 15) is 13.2 Å². The summed E-state index contributed by atoms with van der Waals surface area (Å²) < 4.78 is 39.7. The Balaban J connectivity index is 2.57. The lowest BCUT2D eigenvalue weighted by molar-refractivity contribution is -0.144.